The maximum absolute atomic E-state index is 12.6. The topological polar surface area (TPSA) is 98.1 Å². The minimum atomic E-state index is -0.387. The highest BCUT2D eigenvalue weighted by molar-refractivity contribution is 6.30. The van der Waals surface area contributed by atoms with Crippen LogP contribution < -0.4 is 10.6 Å². The van der Waals surface area contributed by atoms with Gasteiger partial charge in [-0.2, -0.15) is 0 Å². The first-order valence-electron chi connectivity index (χ1n) is 8.36. The summed E-state index contributed by atoms with van der Waals surface area (Å²) in [4.78, 5) is 24.1. The third kappa shape index (κ3) is 4.54. The van der Waals surface area contributed by atoms with Gasteiger partial charge >= 0.3 is 0 Å². The van der Waals surface area contributed by atoms with Crippen molar-refractivity contribution in [2.24, 2.45) is 0 Å². The summed E-state index contributed by atoms with van der Waals surface area (Å²) < 4.78 is 6.31. The van der Waals surface area contributed by atoms with Crippen molar-refractivity contribution in [1.29, 1.82) is 0 Å². The van der Waals surface area contributed by atoms with Crippen LogP contribution in [0, 0.1) is 6.92 Å². The maximum Gasteiger partial charge on any atom is 0.278 e. The molecule has 2 amide bonds. The molecule has 28 heavy (non-hydrogen) atoms. The number of aromatic nitrogens is 3. The number of hydrogen-bond acceptors (Lipinski definition) is 5. The molecule has 0 atom stereocenters. The summed E-state index contributed by atoms with van der Waals surface area (Å²) in [5.41, 5.74) is 2.67. The second kappa shape index (κ2) is 8.64. The lowest BCUT2D eigenvalue weighted by Crippen LogP contribution is -2.17. The lowest BCUT2D eigenvalue weighted by Gasteiger charge is -2.07. The summed E-state index contributed by atoms with van der Waals surface area (Å²) in [6, 6.07) is 13.8. The number of benzene rings is 2. The largest absolute Gasteiger partial charge is 0.375 e. The molecule has 0 radical (unpaired) electrons. The van der Waals surface area contributed by atoms with E-state index in [0.717, 1.165) is 0 Å². The van der Waals surface area contributed by atoms with Crippen molar-refractivity contribution in [3.05, 3.63) is 64.9 Å². The van der Waals surface area contributed by atoms with Crippen molar-refractivity contribution in [3.63, 3.8) is 0 Å². The summed E-state index contributed by atoms with van der Waals surface area (Å²) in [5, 5.41) is 14.0. The molecule has 9 heteroatoms. The number of methoxy groups -OCH3 is 1. The fraction of sp³-hybridized carbons (Fsp3) is 0.158. The van der Waals surface area contributed by atoms with Crippen LogP contribution in [0.25, 0.3) is 5.69 Å². The molecule has 0 saturated heterocycles. The summed E-state index contributed by atoms with van der Waals surface area (Å²) in [6.07, 6.45) is 0. The zero-order chi connectivity index (χ0) is 20.1. The van der Waals surface area contributed by atoms with E-state index in [2.05, 4.69) is 20.9 Å². The molecule has 0 saturated carbocycles. The molecule has 0 unspecified atom stereocenters. The number of carbonyl (C=O) groups excluding carboxylic acids is 2. The van der Waals surface area contributed by atoms with E-state index in [0.29, 0.717) is 27.8 Å². The lowest BCUT2D eigenvalue weighted by molar-refractivity contribution is -0.119. The lowest BCUT2D eigenvalue weighted by atomic mass is 10.2. The molecule has 3 rings (SSSR count). The number of hydrogen-bond donors (Lipinski definition) is 2. The Morgan fingerprint density at radius 1 is 1.11 bits per heavy atom. The van der Waals surface area contributed by atoms with Gasteiger partial charge in [0, 0.05) is 23.5 Å². The fourth-order valence-electron chi connectivity index (χ4n) is 2.55. The molecule has 144 valence electrons. The van der Waals surface area contributed by atoms with Gasteiger partial charge in [-0.15, -0.1) is 5.10 Å². The van der Waals surface area contributed by atoms with E-state index in [4.69, 9.17) is 16.3 Å². The molecule has 1 aromatic heterocycles. The highest BCUT2D eigenvalue weighted by Gasteiger charge is 2.17. The molecule has 0 aliphatic carbocycles. The van der Waals surface area contributed by atoms with E-state index < -0.39 is 0 Å². The molecule has 0 aliphatic rings. The summed E-state index contributed by atoms with van der Waals surface area (Å²) >= 11 is 6.01. The first kappa shape index (κ1) is 19.5. The van der Waals surface area contributed by atoms with Gasteiger partial charge in [0.25, 0.3) is 5.91 Å². The van der Waals surface area contributed by atoms with Crippen molar-refractivity contribution in [2.75, 3.05) is 24.4 Å². The third-order valence-corrected chi connectivity index (χ3v) is 4.10. The molecular formula is C19H18ClN5O3. The third-order valence-electron chi connectivity index (χ3n) is 3.86. The standard InChI is InChI=1S/C19H18ClN5O3/c1-12-18(23-24-25(12)16-5-3-4-13(20)10-16)19(27)22-15-8-6-14(7-9-15)21-17(26)11-28-2/h3-10H,11H2,1-2H3,(H,21,26)(H,22,27). The smallest absolute Gasteiger partial charge is 0.278 e. The number of carbonyl (C=O) groups is 2. The number of nitrogens with zero attached hydrogens (tertiary/aromatic N) is 3. The summed E-state index contributed by atoms with van der Waals surface area (Å²) in [5.74, 6) is -0.644. The number of anilines is 2. The van der Waals surface area contributed by atoms with Crippen LogP contribution in [0.1, 0.15) is 16.2 Å². The monoisotopic (exact) mass is 399 g/mol. The van der Waals surface area contributed by atoms with E-state index >= 15 is 0 Å². The zero-order valence-corrected chi connectivity index (χ0v) is 16.0. The molecule has 3 aromatic rings. The van der Waals surface area contributed by atoms with Gasteiger partial charge in [0.1, 0.15) is 6.61 Å². The van der Waals surface area contributed by atoms with Gasteiger partial charge in [-0.1, -0.05) is 22.9 Å². The first-order chi connectivity index (χ1) is 13.5. The van der Waals surface area contributed by atoms with Crippen LogP contribution >= 0.6 is 11.6 Å². The Morgan fingerprint density at radius 2 is 1.79 bits per heavy atom. The van der Waals surface area contributed by atoms with Crippen LogP contribution in [0.2, 0.25) is 5.02 Å². The average Bonchev–Trinajstić information content (AvgIpc) is 3.05. The highest BCUT2D eigenvalue weighted by atomic mass is 35.5. The average molecular weight is 400 g/mol. The summed E-state index contributed by atoms with van der Waals surface area (Å²) in [7, 11) is 1.45. The van der Waals surface area contributed by atoms with Crippen molar-refractivity contribution in [2.45, 2.75) is 6.92 Å². The van der Waals surface area contributed by atoms with Crippen LogP contribution in [-0.4, -0.2) is 40.5 Å². The minimum absolute atomic E-state index is 0.0277. The molecule has 1 heterocycles. The Hall–Kier alpha value is -3.23. The molecule has 2 N–H and O–H groups in total. The number of halogens is 1. The van der Waals surface area contributed by atoms with Gasteiger partial charge in [0.2, 0.25) is 5.91 Å². The normalized spacial score (nSPS) is 10.5. The SMILES string of the molecule is COCC(=O)Nc1ccc(NC(=O)c2nnn(-c3cccc(Cl)c3)c2C)cc1. The zero-order valence-electron chi connectivity index (χ0n) is 15.3. The van der Waals surface area contributed by atoms with Crippen molar-refractivity contribution < 1.29 is 14.3 Å². The molecule has 0 aliphatic heterocycles. The predicted molar refractivity (Wildman–Crippen MR) is 106 cm³/mol. The molecule has 0 spiro atoms. The van der Waals surface area contributed by atoms with Crippen LogP contribution in [0.5, 0.6) is 0 Å². The van der Waals surface area contributed by atoms with E-state index in [1.165, 1.54) is 7.11 Å². The number of amides is 2. The quantitative estimate of drug-likeness (QED) is 0.663. The molecule has 0 fully saturated rings. The van der Waals surface area contributed by atoms with Crippen LogP contribution in [-0.2, 0) is 9.53 Å². The summed E-state index contributed by atoms with van der Waals surface area (Å²) in [6.45, 7) is 1.73. The van der Waals surface area contributed by atoms with Gasteiger partial charge in [-0.3, -0.25) is 9.59 Å². The van der Waals surface area contributed by atoms with E-state index in [1.807, 2.05) is 6.07 Å². The van der Waals surface area contributed by atoms with Crippen LogP contribution in [0.15, 0.2) is 48.5 Å². The van der Waals surface area contributed by atoms with E-state index in [1.54, 1.807) is 54.1 Å². The highest BCUT2D eigenvalue weighted by Crippen LogP contribution is 2.18. The van der Waals surface area contributed by atoms with Gasteiger partial charge in [-0.05, 0) is 49.4 Å². The van der Waals surface area contributed by atoms with E-state index in [-0.39, 0.29) is 24.1 Å². The number of ether oxygens (including phenoxy) is 1. The molecular weight excluding hydrogens is 382 g/mol. The molecule has 2 aromatic carbocycles. The van der Waals surface area contributed by atoms with Gasteiger partial charge in [-0.25, -0.2) is 4.68 Å². The van der Waals surface area contributed by atoms with Gasteiger partial charge < -0.3 is 15.4 Å². The number of nitrogens with one attached hydrogen (secondary N) is 2. The van der Waals surface area contributed by atoms with Crippen LogP contribution in [0.4, 0.5) is 11.4 Å². The van der Waals surface area contributed by atoms with Crippen molar-refractivity contribution in [3.8, 4) is 5.69 Å². The predicted octanol–water partition coefficient (Wildman–Crippen LogP) is 3.07. The van der Waals surface area contributed by atoms with Gasteiger partial charge in [0.15, 0.2) is 5.69 Å². The van der Waals surface area contributed by atoms with Gasteiger partial charge in [0.05, 0.1) is 11.4 Å². The second-order valence-corrected chi connectivity index (χ2v) is 6.36. The fourth-order valence-corrected chi connectivity index (χ4v) is 2.73. The molecule has 0 bridgehead atoms. The first-order valence-corrected chi connectivity index (χ1v) is 8.74. The van der Waals surface area contributed by atoms with Crippen molar-refractivity contribution >= 4 is 34.8 Å². The Balaban J connectivity index is 1.71. The Kier molecular flexibility index (Phi) is 6.03. The Bertz CT molecular complexity index is 1000. The molecule has 8 nitrogen and oxygen atoms in total. The maximum atomic E-state index is 12.6. The Labute approximate surface area is 166 Å². The second-order valence-electron chi connectivity index (χ2n) is 5.93. The van der Waals surface area contributed by atoms with Crippen LogP contribution in [0.3, 0.4) is 0 Å². The number of rotatable bonds is 6. The van der Waals surface area contributed by atoms with E-state index in [9.17, 15) is 9.59 Å². The minimum Gasteiger partial charge on any atom is -0.375 e. The Morgan fingerprint density at radius 3 is 2.43 bits per heavy atom. The van der Waals surface area contributed by atoms with Crippen molar-refractivity contribution in [1.82, 2.24) is 15.0 Å².